The van der Waals surface area contributed by atoms with E-state index in [1.165, 1.54) is 6.42 Å². The van der Waals surface area contributed by atoms with Crippen molar-refractivity contribution in [2.75, 3.05) is 19.6 Å². The molecule has 110 valence electrons. The van der Waals surface area contributed by atoms with Crippen molar-refractivity contribution in [3.8, 4) is 0 Å². The van der Waals surface area contributed by atoms with E-state index in [0.29, 0.717) is 17.5 Å². The number of carboxylic acids is 1. The molecule has 1 aliphatic heterocycles. The van der Waals surface area contributed by atoms with Crippen molar-refractivity contribution in [3.05, 3.63) is 35.4 Å². The van der Waals surface area contributed by atoms with Gasteiger partial charge in [0.1, 0.15) is 0 Å². The second-order valence-corrected chi connectivity index (χ2v) is 6.02. The second-order valence-electron chi connectivity index (χ2n) is 6.02. The van der Waals surface area contributed by atoms with Crippen molar-refractivity contribution >= 4 is 5.97 Å². The first-order chi connectivity index (χ1) is 9.54. The van der Waals surface area contributed by atoms with E-state index in [2.05, 4.69) is 24.1 Å². The molecule has 0 amide bonds. The summed E-state index contributed by atoms with van der Waals surface area (Å²) in [5, 5.41) is 12.6. The SMILES string of the molecule is CC(C)CC1CN(Cc2cccc(C(=O)O)c2)CCN1. The van der Waals surface area contributed by atoms with Gasteiger partial charge in [0.05, 0.1) is 5.56 Å². The Hall–Kier alpha value is -1.39. The van der Waals surface area contributed by atoms with Crippen LogP contribution in [-0.2, 0) is 6.54 Å². The maximum atomic E-state index is 11.0. The Balaban J connectivity index is 1.95. The third-order valence-corrected chi connectivity index (χ3v) is 3.68. The average Bonchev–Trinajstić information content (AvgIpc) is 2.38. The summed E-state index contributed by atoms with van der Waals surface area (Å²) in [6, 6.07) is 7.80. The van der Waals surface area contributed by atoms with Crippen molar-refractivity contribution < 1.29 is 9.90 Å². The molecule has 0 bridgehead atoms. The van der Waals surface area contributed by atoms with Gasteiger partial charge in [0.15, 0.2) is 0 Å². The molecule has 20 heavy (non-hydrogen) atoms. The van der Waals surface area contributed by atoms with Crippen LogP contribution in [0.15, 0.2) is 24.3 Å². The van der Waals surface area contributed by atoms with E-state index in [4.69, 9.17) is 5.11 Å². The second kappa shape index (κ2) is 6.86. The van der Waals surface area contributed by atoms with Crippen LogP contribution in [0.2, 0.25) is 0 Å². The molecule has 2 rings (SSSR count). The normalized spacial score (nSPS) is 20.2. The van der Waals surface area contributed by atoms with Gasteiger partial charge in [-0.2, -0.15) is 0 Å². The number of benzene rings is 1. The van der Waals surface area contributed by atoms with Gasteiger partial charge in [-0.05, 0) is 30.0 Å². The molecular weight excluding hydrogens is 252 g/mol. The van der Waals surface area contributed by atoms with Gasteiger partial charge in [-0.3, -0.25) is 4.90 Å². The molecule has 1 atom stereocenters. The number of nitrogens with zero attached hydrogens (tertiary/aromatic N) is 1. The van der Waals surface area contributed by atoms with Crippen LogP contribution in [0, 0.1) is 5.92 Å². The number of carbonyl (C=O) groups is 1. The zero-order valence-electron chi connectivity index (χ0n) is 12.3. The highest BCUT2D eigenvalue weighted by Crippen LogP contribution is 2.13. The number of piperazine rings is 1. The van der Waals surface area contributed by atoms with Crippen molar-refractivity contribution in [1.82, 2.24) is 10.2 Å². The van der Waals surface area contributed by atoms with Gasteiger partial charge in [0.25, 0.3) is 0 Å². The minimum atomic E-state index is -0.857. The van der Waals surface area contributed by atoms with Gasteiger partial charge < -0.3 is 10.4 Å². The molecule has 1 heterocycles. The topological polar surface area (TPSA) is 52.6 Å². The molecule has 0 aliphatic carbocycles. The van der Waals surface area contributed by atoms with E-state index in [1.807, 2.05) is 12.1 Å². The minimum Gasteiger partial charge on any atom is -0.478 e. The summed E-state index contributed by atoms with van der Waals surface area (Å²) in [6.07, 6.45) is 1.19. The number of rotatable bonds is 5. The van der Waals surface area contributed by atoms with Crippen LogP contribution < -0.4 is 5.32 Å². The Morgan fingerprint density at radius 3 is 3.00 bits per heavy atom. The quantitative estimate of drug-likeness (QED) is 0.865. The average molecular weight is 276 g/mol. The molecule has 0 saturated carbocycles. The fraction of sp³-hybridized carbons (Fsp3) is 0.562. The standard InChI is InChI=1S/C16H24N2O2/c1-12(2)8-15-11-18(7-6-17-15)10-13-4-3-5-14(9-13)16(19)20/h3-5,9,12,15,17H,6-8,10-11H2,1-2H3,(H,19,20). The zero-order valence-corrected chi connectivity index (χ0v) is 12.3. The first-order valence-corrected chi connectivity index (χ1v) is 7.32. The van der Waals surface area contributed by atoms with E-state index in [1.54, 1.807) is 12.1 Å². The van der Waals surface area contributed by atoms with E-state index in [-0.39, 0.29) is 0 Å². The molecule has 1 unspecified atom stereocenters. The highest BCUT2D eigenvalue weighted by Gasteiger charge is 2.20. The first-order valence-electron chi connectivity index (χ1n) is 7.32. The number of carboxylic acid groups (broad SMARTS) is 1. The lowest BCUT2D eigenvalue weighted by Gasteiger charge is -2.34. The molecule has 1 aliphatic rings. The van der Waals surface area contributed by atoms with Gasteiger partial charge in [0, 0.05) is 32.2 Å². The zero-order chi connectivity index (χ0) is 14.5. The van der Waals surface area contributed by atoms with E-state index < -0.39 is 5.97 Å². The van der Waals surface area contributed by atoms with Crippen LogP contribution in [0.25, 0.3) is 0 Å². The molecule has 1 aromatic rings. The van der Waals surface area contributed by atoms with Gasteiger partial charge in [0.2, 0.25) is 0 Å². The fourth-order valence-corrected chi connectivity index (χ4v) is 2.83. The summed E-state index contributed by atoms with van der Waals surface area (Å²) in [4.78, 5) is 13.4. The van der Waals surface area contributed by atoms with Gasteiger partial charge in [-0.15, -0.1) is 0 Å². The van der Waals surface area contributed by atoms with Crippen molar-refractivity contribution in [3.63, 3.8) is 0 Å². The Morgan fingerprint density at radius 1 is 1.50 bits per heavy atom. The third kappa shape index (κ3) is 4.32. The lowest BCUT2D eigenvalue weighted by Crippen LogP contribution is -2.50. The van der Waals surface area contributed by atoms with Crippen LogP contribution in [-0.4, -0.2) is 41.7 Å². The third-order valence-electron chi connectivity index (χ3n) is 3.68. The summed E-state index contributed by atoms with van der Waals surface area (Å²) in [7, 11) is 0. The van der Waals surface area contributed by atoms with Gasteiger partial charge in [-0.25, -0.2) is 4.79 Å². The maximum Gasteiger partial charge on any atom is 0.335 e. The summed E-state index contributed by atoms with van der Waals surface area (Å²) in [5.41, 5.74) is 1.45. The monoisotopic (exact) mass is 276 g/mol. The Kier molecular flexibility index (Phi) is 5.15. The fourth-order valence-electron chi connectivity index (χ4n) is 2.83. The Labute approximate surface area is 120 Å². The smallest absolute Gasteiger partial charge is 0.335 e. The molecular formula is C16H24N2O2. The van der Waals surface area contributed by atoms with Crippen LogP contribution in [0.3, 0.4) is 0 Å². The predicted octanol–water partition coefficient (Wildman–Crippen LogP) is 2.20. The molecule has 4 heteroatoms. The number of hydrogen-bond donors (Lipinski definition) is 2. The lowest BCUT2D eigenvalue weighted by molar-refractivity contribution is 0.0696. The maximum absolute atomic E-state index is 11.0. The Morgan fingerprint density at radius 2 is 2.30 bits per heavy atom. The molecule has 4 nitrogen and oxygen atoms in total. The summed E-state index contributed by atoms with van der Waals surface area (Å²) in [6.45, 7) is 8.39. The molecule has 0 spiro atoms. The van der Waals surface area contributed by atoms with Crippen molar-refractivity contribution in [2.24, 2.45) is 5.92 Å². The van der Waals surface area contributed by atoms with Crippen LogP contribution >= 0.6 is 0 Å². The largest absolute Gasteiger partial charge is 0.478 e. The molecule has 0 radical (unpaired) electrons. The minimum absolute atomic E-state index is 0.372. The van der Waals surface area contributed by atoms with Gasteiger partial charge in [-0.1, -0.05) is 26.0 Å². The number of nitrogens with one attached hydrogen (secondary N) is 1. The highest BCUT2D eigenvalue weighted by atomic mass is 16.4. The summed E-state index contributed by atoms with van der Waals surface area (Å²) < 4.78 is 0. The predicted molar refractivity (Wildman–Crippen MR) is 79.9 cm³/mol. The van der Waals surface area contributed by atoms with Crippen LogP contribution in [0.1, 0.15) is 36.2 Å². The summed E-state index contributed by atoms with van der Waals surface area (Å²) in [5.74, 6) is -0.160. The van der Waals surface area contributed by atoms with Crippen LogP contribution in [0.4, 0.5) is 0 Å². The number of hydrogen-bond acceptors (Lipinski definition) is 3. The highest BCUT2D eigenvalue weighted by molar-refractivity contribution is 5.87. The van der Waals surface area contributed by atoms with E-state index in [9.17, 15) is 4.79 Å². The van der Waals surface area contributed by atoms with Crippen molar-refractivity contribution in [1.29, 1.82) is 0 Å². The summed E-state index contributed by atoms with van der Waals surface area (Å²) >= 11 is 0. The number of aromatic carboxylic acids is 1. The molecule has 2 N–H and O–H groups in total. The Bertz CT molecular complexity index is 460. The van der Waals surface area contributed by atoms with Gasteiger partial charge >= 0.3 is 5.97 Å². The molecule has 1 fully saturated rings. The lowest BCUT2D eigenvalue weighted by atomic mass is 10.0. The molecule has 0 aromatic heterocycles. The van der Waals surface area contributed by atoms with E-state index in [0.717, 1.165) is 31.7 Å². The molecule has 1 saturated heterocycles. The molecule has 1 aromatic carbocycles. The first kappa shape index (κ1) is 15.0. The van der Waals surface area contributed by atoms with Crippen LogP contribution in [0.5, 0.6) is 0 Å². The van der Waals surface area contributed by atoms with Crippen molar-refractivity contribution in [2.45, 2.75) is 32.9 Å². The van der Waals surface area contributed by atoms with E-state index >= 15 is 0 Å².